The molecule has 6 heteroatoms. The molecule has 0 aliphatic rings. The molecule has 0 spiro atoms. The van der Waals surface area contributed by atoms with Crippen LogP contribution in [-0.4, -0.2) is 31.4 Å². The predicted octanol–water partition coefficient (Wildman–Crippen LogP) is 2.49. The number of aryl methyl sites for hydroxylation is 1. The van der Waals surface area contributed by atoms with Gasteiger partial charge >= 0.3 is 0 Å². The van der Waals surface area contributed by atoms with Gasteiger partial charge in [-0.1, -0.05) is 0 Å². The molecule has 1 rings (SSSR count). The molecule has 0 aromatic heterocycles. The van der Waals surface area contributed by atoms with Crippen LogP contribution >= 0.6 is 12.4 Å². The van der Waals surface area contributed by atoms with Gasteiger partial charge in [0.2, 0.25) is 5.91 Å². The first-order valence-electron chi connectivity index (χ1n) is 7.30. The van der Waals surface area contributed by atoms with E-state index in [2.05, 4.69) is 16.0 Å². The third-order valence-electron chi connectivity index (χ3n) is 3.01. The topological polar surface area (TPSA) is 70.2 Å². The lowest BCUT2D eigenvalue weighted by atomic mass is 10.1. The highest BCUT2D eigenvalue weighted by atomic mass is 35.5. The molecule has 124 valence electrons. The molecule has 1 aromatic carbocycles. The quantitative estimate of drug-likeness (QED) is 0.674. The lowest BCUT2D eigenvalue weighted by Crippen LogP contribution is -2.30. The molecule has 0 atom stereocenters. The normalized spacial score (nSPS) is 10.0. The molecule has 5 nitrogen and oxygen atoms in total. The van der Waals surface area contributed by atoms with Gasteiger partial charge in [0.25, 0.3) is 5.91 Å². The van der Waals surface area contributed by atoms with Crippen LogP contribution in [0.4, 0.5) is 5.69 Å². The Hall–Kier alpha value is -1.59. The zero-order valence-electron chi connectivity index (χ0n) is 13.7. The first kappa shape index (κ1) is 20.4. The van der Waals surface area contributed by atoms with Crippen molar-refractivity contribution in [3.05, 3.63) is 29.3 Å². The summed E-state index contributed by atoms with van der Waals surface area (Å²) >= 11 is 0. The number of halogens is 1. The Morgan fingerprint density at radius 2 is 1.91 bits per heavy atom. The molecule has 2 amide bonds. The number of hydrogen-bond donors (Lipinski definition) is 3. The number of nitrogens with one attached hydrogen (secondary N) is 3. The number of anilines is 1. The minimum Gasteiger partial charge on any atom is -0.350 e. The molecule has 1 aromatic rings. The SMILES string of the molecule is CNCCCC(=O)Nc1ccc(C(=O)NC(C)C)cc1C.Cl. The Balaban J connectivity index is 0.00000441. The van der Waals surface area contributed by atoms with Gasteiger partial charge in [-0.25, -0.2) is 0 Å². The van der Waals surface area contributed by atoms with E-state index < -0.39 is 0 Å². The monoisotopic (exact) mass is 327 g/mol. The average molecular weight is 328 g/mol. The highest BCUT2D eigenvalue weighted by molar-refractivity contribution is 5.96. The summed E-state index contributed by atoms with van der Waals surface area (Å²) in [6.45, 7) is 6.55. The van der Waals surface area contributed by atoms with Crippen LogP contribution in [0.25, 0.3) is 0 Å². The van der Waals surface area contributed by atoms with Crippen LogP contribution in [0.3, 0.4) is 0 Å². The van der Waals surface area contributed by atoms with E-state index in [0.29, 0.717) is 12.0 Å². The molecular formula is C16H26ClN3O2. The number of rotatable bonds is 7. The molecule has 22 heavy (non-hydrogen) atoms. The van der Waals surface area contributed by atoms with Gasteiger partial charge in [-0.3, -0.25) is 9.59 Å². The molecule has 0 aliphatic carbocycles. The highest BCUT2D eigenvalue weighted by Crippen LogP contribution is 2.17. The first-order chi connectivity index (χ1) is 9.93. The zero-order chi connectivity index (χ0) is 15.8. The van der Waals surface area contributed by atoms with Crippen LogP contribution in [0.5, 0.6) is 0 Å². The van der Waals surface area contributed by atoms with Gasteiger partial charge in [0, 0.05) is 23.7 Å². The van der Waals surface area contributed by atoms with Gasteiger partial charge in [-0.05, 0) is 64.5 Å². The largest absolute Gasteiger partial charge is 0.350 e. The fourth-order valence-corrected chi connectivity index (χ4v) is 1.93. The van der Waals surface area contributed by atoms with Crippen molar-refractivity contribution >= 4 is 29.9 Å². The van der Waals surface area contributed by atoms with E-state index >= 15 is 0 Å². The average Bonchev–Trinajstić information content (AvgIpc) is 2.40. The Labute approximate surface area is 138 Å². The van der Waals surface area contributed by atoms with Gasteiger partial charge < -0.3 is 16.0 Å². The number of carbonyl (C=O) groups excluding carboxylic acids is 2. The second kappa shape index (κ2) is 10.2. The lowest BCUT2D eigenvalue weighted by Gasteiger charge is -2.12. The smallest absolute Gasteiger partial charge is 0.251 e. The van der Waals surface area contributed by atoms with Crippen LogP contribution in [0.15, 0.2) is 18.2 Å². The van der Waals surface area contributed by atoms with E-state index in [-0.39, 0.29) is 30.3 Å². The fourth-order valence-electron chi connectivity index (χ4n) is 1.93. The summed E-state index contributed by atoms with van der Waals surface area (Å²) in [5.41, 5.74) is 2.24. The Morgan fingerprint density at radius 1 is 1.23 bits per heavy atom. The summed E-state index contributed by atoms with van der Waals surface area (Å²) in [4.78, 5) is 23.7. The molecule has 0 radical (unpaired) electrons. The van der Waals surface area contributed by atoms with Crippen molar-refractivity contribution in [3.63, 3.8) is 0 Å². The number of carbonyl (C=O) groups is 2. The summed E-state index contributed by atoms with van der Waals surface area (Å²) in [7, 11) is 1.86. The molecule has 0 fully saturated rings. The maximum Gasteiger partial charge on any atom is 0.251 e. The third-order valence-corrected chi connectivity index (χ3v) is 3.01. The summed E-state index contributed by atoms with van der Waals surface area (Å²) in [5.74, 6) is -0.104. The van der Waals surface area contributed by atoms with Crippen LogP contribution in [0, 0.1) is 6.92 Å². The molecule has 0 bridgehead atoms. The first-order valence-corrected chi connectivity index (χ1v) is 7.30. The third kappa shape index (κ3) is 6.91. The summed E-state index contributed by atoms with van der Waals surface area (Å²) in [5, 5.41) is 8.73. The predicted molar refractivity (Wildman–Crippen MR) is 92.8 cm³/mol. The maximum absolute atomic E-state index is 11.9. The Bertz CT molecular complexity index is 504. The van der Waals surface area contributed by atoms with Crippen molar-refractivity contribution < 1.29 is 9.59 Å². The van der Waals surface area contributed by atoms with Crippen LogP contribution in [-0.2, 0) is 4.79 Å². The van der Waals surface area contributed by atoms with Crippen molar-refractivity contribution in [3.8, 4) is 0 Å². The van der Waals surface area contributed by atoms with Gasteiger partial charge in [0.15, 0.2) is 0 Å². The van der Waals surface area contributed by atoms with E-state index in [1.165, 1.54) is 0 Å². The minimum absolute atomic E-state index is 0. The fraction of sp³-hybridized carbons (Fsp3) is 0.500. The Kier molecular flexibility index (Phi) is 9.45. The second-order valence-corrected chi connectivity index (χ2v) is 5.41. The van der Waals surface area contributed by atoms with Crippen molar-refractivity contribution in [2.45, 2.75) is 39.7 Å². The van der Waals surface area contributed by atoms with Gasteiger partial charge in [-0.15, -0.1) is 12.4 Å². The zero-order valence-corrected chi connectivity index (χ0v) is 14.5. The van der Waals surface area contributed by atoms with Gasteiger partial charge in [0.1, 0.15) is 0 Å². The van der Waals surface area contributed by atoms with E-state index in [4.69, 9.17) is 0 Å². The molecule has 0 saturated carbocycles. The summed E-state index contributed by atoms with van der Waals surface area (Å²) in [6, 6.07) is 5.40. The summed E-state index contributed by atoms with van der Waals surface area (Å²) < 4.78 is 0. The Morgan fingerprint density at radius 3 is 2.45 bits per heavy atom. The number of amides is 2. The van der Waals surface area contributed by atoms with E-state index in [9.17, 15) is 9.59 Å². The molecule has 0 saturated heterocycles. The van der Waals surface area contributed by atoms with Gasteiger partial charge in [0.05, 0.1) is 0 Å². The van der Waals surface area contributed by atoms with Crippen molar-refractivity contribution in [2.75, 3.05) is 18.9 Å². The minimum atomic E-state index is -0.0972. The van der Waals surface area contributed by atoms with E-state index in [1.807, 2.05) is 27.8 Å². The van der Waals surface area contributed by atoms with Crippen LogP contribution in [0.1, 0.15) is 42.6 Å². The molecule has 0 unspecified atom stereocenters. The molecular weight excluding hydrogens is 302 g/mol. The molecule has 0 heterocycles. The summed E-state index contributed by atoms with van der Waals surface area (Å²) in [6.07, 6.45) is 1.28. The lowest BCUT2D eigenvalue weighted by molar-refractivity contribution is -0.116. The molecule has 3 N–H and O–H groups in total. The highest BCUT2D eigenvalue weighted by Gasteiger charge is 2.10. The standard InChI is InChI=1S/C16H25N3O2.ClH/c1-11(2)18-16(21)13-7-8-14(12(3)10-13)19-15(20)6-5-9-17-4;/h7-8,10-11,17H,5-6,9H2,1-4H3,(H,18,21)(H,19,20);1H. The maximum atomic E-state index is 11.9. The van der Waals surface area contributed by atoms with E-state index in [1.54, 1.807) is 18.2 Å². The number of hydrogen-bond acceptors (Lipinski definition) is 3. The van der Waals surface area contributed by atoms with Crippen molar-refractivity contribution in [2.24, 2.45) is 0 Å². The molecule has 0 aliphatic heterocycles. The van der Waals surface area contributed by atoms with Crippen molar-refractivity contribution in [1.29, 1.82) is 0 Å². The van der Waals surface area contributed by atoms with Crippen LogP contribution < -0.4 is 16.0 Å². The van der Waals surface area contributed by atoms with Crippen molar-refractivity contribution in [1.82, 2.24) is 10.6 Å². The van der Waals surface area contributed by atoms with Gasteiger partial charge in [-0.2, -0.15) is 0 Å². The number of benzene rings is 1. The van der Waals surface area contributed by atoms with Crippen LogP contribution in [0.2, 0.25) is 0 Å². The second-order valence-electron chi connectivity index (χ2n) is 5.41. The van der Waals surface area contributed by atoms with E-state index in [0.717, 1.165) is 24.2 Å².